The van der Waals surface area contributed by atoms with Gasteiger partial charge in [-0.05, 0) is 36.4 Å². The van der Waals surface area contributed by atoms with Crippen molar-refractivity contribution >= 4 is 40.6 Å². The topological polar surface area (TPSA) is 55.1 Å². The molecule has 0 aliphatic heterocycles. The number of hydrogen-bond donors (Lipinski definition) is 2. The minimum Gasteiger partial charge on any atom is -0.399 e. The van der Waals surface area contributed by atoms with Gasteiger partial charge in [0, 0.05) is 28.4 Å². The van der Waals surface area contributed by atoms with Gasteiger partial charge in [-0.25, -0.2) is 4.39 Å². The Balaban J connectivity index is 1.83. The average Bonchev–Trinajstić information content (AvgIpc) is 2.42. The first-order chi connectivity index (χ1) is 10.0. The van der Waals surface area contributed by atoms with Crippen LogP contribution in [0.2, 0.25) is 5.02 Å². The van der Waals surface area contributed by atoms with Crippen LogP contribution in [0.4, 0.5) is 15.8 Å². The van der Waals surface area contributed by atoms with Crippen LogP contribution in [-0.4, -0.2) is 11.7 Å². The molecular weight excluding hydrogens is 311 g/mol. The monoisotopic (exact) mass is 324 g/mol. The molecular formula is C15H14ClFN2OS. The molecule has 0 saturated carbocycles. The number of nitrogens with two attached hydrogens (primary N) is 1. The molecule has 110 valence electrons. The largest absolute Gasteiger partial charge is 0.399 e. The third-order valence-corrected chi connectivity index (χ3v) is 4.15. The van der Waals surface area contributed by atoms with E-state index in [4.69, 9.17) is 17.3 Å². The molecule has 3 nitrogen and oxygen atoms in total. The summed E-state index contributed by atoms with van der Waals surface area (Å²) >= 11 is 7.50. The highest BCUT2D eigenvalue weighted by atomic mass is 35.5. The van der Waals surface area contributed by atoms with Crippen LogP contribution in [-0.2, 0) is 4.79 Å². The van der Waals surface area contributed by atoms with E-state index < -0.39 is 0 Å². The predicted molar refractivity (Wildman–Crippen MR) is 86.2 cm³/mol. The summed E-state index contributed by atoms with van der Waals surface area (Å²) in [5.74, 6) is 0.00599. The van der Waals surface area contributed by atoms with Crippen LogP contribution in [0.1, 0.15) is 6.42 Å². The third-order valence-electron chi connectivity index (χ3n) is 2.65. The van der Waals surface area contributed by atoms with Gasteiger partial charge < -0.3 is 11.1 Å². The molecule has 1 amide bonds. The maximum atomic E-state index is 13.0. The van der Waals surface area contributed by atoms with Gasteiger partial charge in [0.1, 0.15) is 5.82 Å². The molecule has 2 rings (SSSR count). The molecule has 0 saturated heterocycles. The second kappa shape index (κ2) is 7.33. The number of nitrogen functional groups attached to an aromatic ring is 1. The normalized spacial score (nSPS) is 10.4. The van der Waals surface area contributed by atoms with Crippen molar-refractivity contribution in [1.29, 1.82) is 0 Å². The molecule has 0 atom stereocenters. The zero-order valence-electron chi connectivity index (χ0n) is 11.1. The average molecular weight is 325 g/mol. The molecule has 0 aromatic heterocycles. The van der Waals surface area contributed by atoms with Gasteiger partial charge in [-0.3, -0.25) is 4.79 Å². The maximum absolute atomic E-state index is 13.0. The lowest BCUT2D eigenvalue weighted by Crippen LogP contribution is -2.12. The molecule has 21 heavy (non-hydrogen) atoms. The Morgan fingerprint density at radius 3 is 2.86 bits per heavy atom. The first-order valence-corrected chi connectivity index (χ1v) is 7.64. The van der Waals surface area contributed by atoms with Crippen molar-refractivity contribution in [2.24, 2.45) is 0 Å². The number of rotatable bonds is 5. The number of benzene rings is 2. The number of anilines is 2. The van der Waals surface area contributed by atoms with Crippen molar-refractivity contribution in [3.05, 3.63) is 53.3 Å². The first kappa shape index (κ1) is 15.7. The van der Waals surface area contributed by atoms with Gasteiger partial charge in [0.2, 0.25) is 5.91 Å². The summed E-state index contributed by atoms with van der Waals surface area (Å²) in [6.07, 6.45) is 0.298. The van der Waals surface area contributed by atoms with Gasteiger partial charge in [-0.15, -0.1) is 11.8 Å². The molecule has 0 radical (unpaired) electrons. The fourth-order valence-electron chi connectivity index (χ4n) is 1.67. The summed E-state index contributed by atoms with van der Waals surface area (Å²) in [5, 5.41) is 3.26. The van der Waals surface area contributed by atoms with Crippen LogP contribution in [0.15, 0.2) is 47.4 Å². The molecule has 0 aliphatic rings. The third kappa shape index (κ3) is 4.95. The van der Waals surface area contributed by atoms with Crippen LogP contribution >= 0.6 is 23.4 Å². The summed E-state index contributed by atoms with van der Waals surface area (Å²) in [5.41, 5.74) is 6.77. The lowest BCUT2D eigenvalue weighted by Gasteiger charge is -2.07. The van der Waals surface area contributed by atoms with Crippen molar-refractivity contribution in [2.75, 3.05) is 16.8 Å². The van der Waals surface area contributed by atoms with E-state index in [-0.39, 0.29) is 11.7 Å². The Labute approximate surface area is 131 Å². The summed E-state index contributed by atoms with van der Waals surface area (Å²) in [4.78, 5) is 12.6. The van der Waals surface area contributed by atoms with Crippen molar-refractivity contribution in [3.63, 3.8) is 0 Å². The van der Waals surface area contributed by atoms with E-state index in [0.717, 1.165) is 4.90 Å². The van der Waals surface area contributed by atoms with Crippen LogP contribution in [0, 0.1) is 5.82 Å². The number of carbonyl (C=O) groups is 1. The van der Waals surface area contributed by atoms with E-state index in [0.29, 0.717) is 28.6 Å². The predicted octanol–water partition coefficient (Wildman–Crippen LogP) is 4.18. The van der Waals surface area contributed by atoms with Crippen LogP contribution in [0.25, 0.3) is 0 Å². The fourth-order valence-corrected chi connectivity index (χ4v) is 2.89. The number of halogens is 2. The summed E-state index contributed by atoms with van der Waals surface area (Å²) in [7, 11) is 0. The molecule has 6 heteroatoms. The fraction of sp³-hybridized carbons (Fsp3) is 0.133. The molecule has 2 aromatic carbocycles. The zero-order valence-corrected chi connectivity index (χ0v) is 12.7. The molecule has 0 fully saturated rings. The highest BCUT2D eigenvalue weighted by Crippen LogP contribution is 2.29. The summed E-state index contributed by atoms with van der Waals surface area (Å²) < 4.78 is 13.0. The van der Waals surface area contributed by atoms with E-state index in [1.165, 1.54) is 23.9 Å². The van der Waals surface area contributed by atoms with Crippen molar-refractivity contribution in [1.82, 2.24) is 0 Å². The molecule has 0 heterocycles. The SMILES string of the molecule is Nc1ccc(Cl)c(SCCC(=O)Nc2cccc(F)c2)c1. The van der Waals surface area contributed by atoms with Gasteiger partial charge >= 0.3 is 0 Å². The summed E-state index contributed by atoms with van der Waals surface area (Å²) in [6, 6.07) is 11.0. The van der Waals surface area contributed by atoms with Crippen LogP contribution in [0.3, 0.4) is 0 Å². The van der Waals surface area contributed by atoms with Gasteiger partial charge in [-0.2, -0.15) is 0 Å². The molecule has 2 aromatic rings. The second-order valence-electron chi connectivity index (χ2n) is 4.35. The van der Waals surface area contributed by atoms with E-state index in [9.17, 15) is 9.18 Å². The van der Waals surface area contributed by atoms with E-state index in [2.05, 4.69) is 5.32 Å². The Bertz CT molecular complexity index is 651. The number of nitrogens with one attached hydrogen (secondary N) is 1. The van der Waals surface area contributed by atoms with Gasteiger partial charge in [0.05, 0.1) is 5.02 Å². The number of carbonyl (C=O) groups excluding carboxylic acids is 1. The van der Waals surface area contributed by atoms with Gasteiger partial charge in [0.15, 0.2) is 0 Å². The number of amides is 1. The van der Waals surface area contributed by atoms with E-state index in [1.54, 1.807) is 30.3 Å². The highest BCUT2D eigenvalue weighted by molar-refractivity contribution is 7.99. The molecule has 0 bridgehead atoms. The first-order valence-electron chi connectivity index (χ1n) is 6.28. The molecule has 0 unspecified atom stereocenters. The molecule has 0 aliphatic carbocycles. The van der Waals surface area contributed by atoms with Gasteiger partial charge in [0.25, 0.3) is 0 Å². The standard InChI is InChI=1S/C15H14ClFN2OS/c16-13-5-4-11(18)9-14(13)21-7-6-15(20)19-12-3-1-2-10(17)8-12/h1-5,8-9H,6-7,18H2,(H,19,20). The highest BCUT2D eigenvalue weighted by Gasteiger charge is 2.06. The van der Waals surface area contributed by atoms with Gasteiger partial charge in [-0.1, -0.05) is 17.7 Å². The quantitative estimate of drug-likeness (QED) is 0.640. The zero-order chi connectivity index (χ0) is 15.2. The summed E-state index contributed by atoms with van der Waals surface area (Å²) in [6.45, 7) is 0. The van der Waals surface area contributed by atoms with Crippen LogP contribution in [0.5, 0.6) is 0 Å². The maximum Gasteiger partial charge on any atom is 0.225 e. The second-order valence-corrected chi connectivity index (χ2v) is 5.89. The smallest absolute Gasteiger partial charge is 0.225 e. The molecule has 0 spiro atoms. The lowest BCUT2D eigenvalue weighted by molar-refractivity contribution is -0.115. The van der Waals surface area contributed by atoms with Crippen LogP contribution < -0.4 is 11.1 Å². The number of thioether (sulfide) groups is 1. The minimum absolute atomic E-state index is 0.173. The number of hydrogen-bond acceptors (Lipinski definition) is 3. The van der Waals surface area contributed by atoms with E-state index >= 15 is 0 Å². The lowest BCUT2D eigenvalue weighted by atomic mass is 10.3. The Morgan fingerprint density at radius 2 is 2.10 bits per heavy atom. The molecule has 3 N–H and O–H groups in total. The Hall–Kier alpha value is -1.72. The van der Waals surface area contributed by atoms with Crippen molar-refractivity contribution < 1.29 is 9.18 Å². The Morgan fingerprint density at radius 1 is 1.29 bits per heavy atom. The van der Waals surface area contributed by atoms with Crippen molar-refractivity contribution in [3.8, 4) is 0 Å². The Kier molecular flexibility index (Phi) is 5.47. The van der Waals surface area contributed by atoms with Crippen molar-refractivity contribution in [2.45, 2.75) is 11.3 Å². The minimum atomic E-state index is -0.381. The van der Waals surface area contributed by atoms with E-state index in [1.807, 2.05) is 0 Å².